The Bertz CT molecular complexity index is 935. The van der Waals surface area contributed by atoms with Gasteiger partial charge in [0.1, 0.15) is 6.34 Å². The lowest BCUT2D eigenvalue weighted by Gasteiger charge is -2.23. The molecule has 134 valence electrons. The Morgan fingerprint density at radius 1 is 1.31 bits per heavy atom. The molecule has 0 fully saturated rings. The van der Waals surface area contributed by atoms with E-state index < -0.39 is 5.82 Å². The zero-order chi connectivity index (χ0) is 17.9. The predicted molar refractivity (Wildman–Crippen MR) is 90.5 cm³/mol. The number of halogens is 1. The van der Waals surface area contributed by atoms with Crippen LogP contribution in [0.3, 0.4) is 0 Å². The number of H-pyrrole nitrogens is 1. The smallest absolute Gasteiger partial charge is 0.231 e. The van der Waals surface area contributed by atoms with Crippen LogP contribution in [0.2, 0.25) is 0 Å². The van der Waals surface area contributed by atoms with E-state index in [-0.39, 0.29) is 18.4 Å². The average molecular weight is 358 g/mol. The largest absolute Gasteiger partial charge is 0.395 e. The number of anilines is 3. The number of hydrogen-bond acceptors (Lipinski definition) is 9. The van der Waals surface area contributed by atoms with Gasteiger partial charge in [-0.05, 0) is 0 Å². The van der Waals surface area contributed by atoms with Gasteiger partial charge in [-0.3, -0.25) is 15.8 Å². The molecule has 0 amide bonds. The van der Waals surface area contributed by atoms with E-state index in [4.69, 9.17) is 5.11 Å². The highest BCUT2D eigenvalue weighted by molar-refractivity contribution is 5.65. The summed E-state index contributed by atoms with van der Waals surface area (Å²) in [5, 5.41) is 13.5. The summed E-state index contributed by atoms with van der Waals surface area (Å²) in [4.78, 5) is 23.3. The molecule has 4 N–H and O–H groups in total. The topological polar surface area (TPSA) is 132 Å². The first kappa shape index (κ1) is 16.0. The Labute approximate surface area is 146 Å². The number of hydrogen-bond donors (Lipinski definition) is 4. The Morgan fingerprint density at radius 3 is 3.12 bits per heavy atom. The van der Waals surface area contributed by atoms with Gasteiger partial charge in [-0.25, -0.2) is 24.3 Å². The van der Waals surface area contributed by atoms with Crippen LogP contribution < -0.4 is 10.7 Å². The first-order valence-corrected chi connectivity index (χ1v) is 7.74. The molecule has 26 heavy (non-hydrogen) atoms. The lowest BCUT2D eigenvalue weighted by atomic mass is 10.4. The zero-order valence-corrected chi connectivity index (χ0v) is 13.5. The number of aliphatic hydroxyl groups excluding tert-OH is 1. The molecule has 12 heteroatoms. The van der Waals surface area contributed by atoms with E-state index in [1.54, 1.807) is 28.3 Å². The fourth-order valence-corrected chi connectivity index (χ4v) is 2.41. The van der Waals surface area contributed by atoms with Crippen molar-refractivity contribution in [2.24, 2.45) is 4.99 Å². The van der Waals surface area contributed by atoms with Crippen LogP contribution in [0.25, 0.3) is 0 Å². The molecule has 3 aromatic heterocycles. The number of nitrogens with one attached hydrogen (secondary N) is 3. The number of imidazole rings is 2. The molecule has 0 atom stereocenters. The standard InChI is InChI=1S/C14H15FN10O/c15-9-5-17-13(22-14-16-1-2-24(14)3-4-26)21-11(9)23-25-6-10-12(20-8-25)19-7-18-10/h1-2,5,7-8,26H,3-4,6H2,(H,18,19)(H2,16,17,21,22,23). The third kappa shape index (κ3) is 3.17. The third-order valence-corrected chi connectivity index (χ3v) is 3.62. The second kappa shape index (κ2) is 6.76. The SMILES string of the molecule is OCCn1ccnc1Nc1ncc(F)c(NN2C=Nc3nc[nH]c3C2)n1. The lowest BCUT2D eigenvalue weighted by molar-refractivity contribution is 0.277. The maximum Gasteiger partial charge on any atom is 0.231 e. The molecule has 0 unspecified atom stereocenters. The van der Waals surface area contributed by atoms with E-state index in [0.717, 1.165) is 11.9 Å². The summed E-state index contributed by atoms with van der Waals surface area (Å²) in [6, 6.07) is 0. The number of hydrazine groups is 1. The van der Waals surface area contributed by atoms with Gasteiger partial charge in [0.25, 0.3) is 0 Å². The summed E-state index contributed by atoms with van der Waals surface area (Å²) in [5.74, 6) is 0.577. The van der Waals surface area contributed by atoms with Crippen LogP contribution in [0.15, 0.2) is 29.9 Å². The first-order chi connectivity index (χ1) is 12.7. The van der Waals surface area contributed by atoms with Gasteiger partial charge in [-0.15, -0.1) is 0 Å². The summed E-state index contributed by atoms with van der Waals surface area (Å²) in [6.45, 7) is 0.753. The van der Waals surface area contributed by atoms with Gasteiger partial charge in [0.2, 0.25) is 11.9 Å². The lowest BCUT2D eigenvalue weighted by Crippen LogP contribution is -2.31. The molecule has 3 aromatic rings. The summed E-state index contributed by atoms with van der Waals surface area (Å²) >= 11 is 0. The molecule has 0 saturated heterocycles. The van der Waals surface area contributed by atoms with Crippen molar-refractivity contribution in [2.45, 2.75) is 13.1 Å². The highest BCUT2D eigenvalue weighted by atomic mass is 19.1. The molecular formula is C14H15FN10O. The molecule has 1 aliphatic heterocycles. The van der Waals surface area contributed by atoms with Crippen molar-refractivity contribution in [3.63, 3.8) is 0 Å². The molecule has 0 aromatic carbocycles. The number of nitrogens with zero attached hydrogens (tertiary/aromatic N) is 7. The van der Waals surface area contributed by atoms with Crippen LogP contribution in [-0.4, -0.2) is 52.5 Å². The maximum absolute atomic E-state index is 14.1. The number of aliphatic imine (C=N–C) groups is 1. The van der Waals surface area contributed by atoms with E-state index in [1.807, 2.05) is 0 Å². The van der Waals surface area contributed by atoms with Crippen LogP contribution in [-0.2, 0) is 13.1 Å². The Balaban J connectivity index is 1.50. The minimum atomic E-state index is -0.613. The highest BCUT2D eigenvalue weighted by Crippen LogP contribution is 2.21. The minimum Gasteiger partial charge on any atom is -0.395 e. The van der Waals surface area contributed by atoms with Gasteiger partial charge < -0.3 is 14.7 Å². The molecular weight excluding hydrogens is 343 g/mol. The maximum atomic E-state index is 14.1. The molecule has 11 nitrogen and oxygen atoms in total. The van der Waals surface area contributed by atoms with Crippen LogP contribution in [0.1, 0.15) is 5.69 Å². The molecule has 0 saturated carbocycles. The summed E-state index contributed by atoms with van der Waals surface area (Å²) < 4.78 is 15.8. The summed E-state index contributed by atoms with van der Waals surface area (Å²) in [6.07, 6.45) is 7.39. The minimum absolute atomic E-state index is 0.0165. The van der Waals surface area contributed by atoms with Crippen molar-refractivity contribution in [2.75, 3.05) is 17.3 Å². The number of fused-ring (bicyclic) bond motifs is 1. The molecule has 1 aliphatic rings. The van der Waals surface area contributed by atoms with Crippen molar-refractivity contribution in [1.29, 1.82) is 0 Å². The number of aromatic nitrogens is 6. The number of aliphatic hydroxyl groups is 1. The van der Waals surface area contributed by atoms with E-state index in [1.165, 1.54) is 6.34 Å². The van der Waals surface area contributed by atoms with Gasteiger partial charge in [0, 0.05) is 18.9 Å². The van der Waals surface area contributed by atoms with E-state index >= 15 is 0 Å². The first-order valence-electron chi connectivity index (χ1n) is 7.74. The summed E-state index contributed by atoms with van der Waals surface area (Å²) in [7, 11) is 0. The molecule has 4 rings (SSSR count). The Hall–Kier alpha value is -3.54. The predicted octanol–water partition coefficient (Wildman–Crippen LogP) is 0.774. The van der Waals surface area contributed by atoms with Gasteiger partial charge in [0.15, 0.2) is 17.5 Å². The molecule has 4 heterocycles. The van der Waals surface area contributed by atoms with Gasteiger partial charge >= 0.3 is 0 Å². The molecule has 0 aliphatic carbocycles. The molecule has 0 bridgehead atoms. The number of rotatable bonds is 6. The van der Waals surface area contributed by atoms with Crippen LogP contribution in [0.5, 0.6) is 0 Å². The van der Waals surface area contributed by atoms with E-state index in [9.17, 15) is 4.39 Å². The van der Waals surface area contributed by atoms with Crippen LogP contribution >= 0.6 is 0 Å². The van der Waals surface area contributed by atoms with Crippen molar-refractivity contribution in [3.8, 4) is 0 Å². The van der Waals surface area contributed by atoms with Crippen LogP contribution in [0.4, 0.5) is 27.9 Å². The van der Waals surface area contributed by atoms with Crippen molar-refractivity contribution in [1.82, 2.24) is 34.5 Å². The average Bonchev–Trinajstić information content (AvgIpc) is 3.27. The van der Waals surface area contributed by atoms with Crippen LogP contribution in [0, 0.1) is 5.82 Å². The molecule has 0 spiro atoms. The fourth-order valence-electron chi connectivity index (χ4n) is 2.41. The Kier molecular flexibility index (Phi) is 4.15. The zero-order valence-electron chi connectivity index (χ0n) is 13.5. The normalized spacial score (nSPS) is 12.9. The number of aromatic amines is 1. The van der Waals surface area contributed by atoms with Crippen molar-refractivity contribution >= 4 is 29.9 Å². The summed E-state index contributed by atoms with van der Waals surface area (Å²) in [5.41, 5.74) is 3.65. The van der Waals surface area contributed by atoms with E-state index in [2.05, 4.69) is 40.7 Å². The van der Waals surface area contributed by atoms with Crippen molar-refractivity contribution in [3.05, 3.63) is 36.4 Å². The molecule has 0 radical (unpaired) electrons. The van der Waals surface area contributed by atoms with Gasteiger partial charge in [-0.2, -0.15) is 4.98 Å². The third-order valence-electron chi connectivity index (χ3n) is 3.62. The van der Waals surface area contributed by atoms with E-state index in [0.29, 0.717) is 24.9 Å². The monoisotopic (exact) mass is 358 g/mol. The second-order valence-electron chi connectivity index (χ2n) is 5.37. The van der Waals surface area contributed by atoms with Crippen molar-refractivity contribution < 1.29 is 9.50 Å². The van der Waals surface area contributed by atoms with Gasteiger partial charge in [-0.1, -0.05) is 0 Å². The Morgan fingerprint density at radius 2 is 2.23 bits per heavy atom. The highest BCUT2D eigenvalue weighted by Gasteiger charge is 2.16. The van der Waals surface area contributed by atoms with Gasteiger partial charge in [0.05, 0.1) is 31.4 Å². The quantitative estimate of drug-likeness (QED) is 0.508. The second-order valence-corrected chi connectivity index (χ2v) is 5.37. The fraction of sp³-hybridized carbons (Fsp3) is 0.214.